The fraction of sp³-hybridized carbons (Fsp3) is 0.273. The van der Waals surface area contributed by atoms with Crippen molar-refractivity contribution in [1.29, 1.82) is 0 Å². The standard InChI is InChI=1S/C11H11N5OS3/c1-2-12-10-14-15-11(20-10)19-6-8-13-9(16-17-8)7-4-3-5-18-7/h3-5H,2,6H2,1H3,(H,12,14). The summed E-state index contributed by atoms with van der Waals surface area (Å²) >= 11 is 4.66. The smallest absolute Gasteiger partial charge is 0.237 e. The Morgan fingerprint density at radius 3 is 3.15 bits per heavy atom. The van der Waals surface area contributed by atoms with Gasteiger partial charge in [0.1, 0.15) is 0 Å². The highest BCUT2D eigenvalue weighted by molar-refractivity contribution is 8.00. The SMILES string of the molecule is CCNc1nnc(SCc2nc(-c3cccs3)no2)s1. The summed E-state index contributed by atoms with van der Waals surface area (Å²) in [4.78, 5) is 5.37. The van der Waals surface area contributed by atoms with Crippen LogP contribution >= 0.6 is 34.4 Å². The molecule has 6 nitrogen and oxygen atoms in total. The fourth-order valence-corrected chi connectivity index (χ4v) is 3.74. The van der Waals surface area contributed by atoms with Crippen LogP contribution in [0.2, 0.25) is 0 Å². The van der Waals surface area contributed by atoms with Crippen LogP contribution in [0.4, 0.5) is 5.13 Å². The van der Waals surface area contributed by atoms with Gasteiger partial charge in [0, 0.05) is 6.54 Å². The minimum Gasteiger partial charge on any atom is -0.360 e. The third-order valence-corrected chi connectivity index (χ3v) is 5.13. The number of hydrogen-bond acceptors (Lipinski definition) is 9. The second kappa shape index (κ2) is 6.33. The molecule has 0 aromatic carbocycles. The predicted octanol–water partition coefficient (Wildman–Crippen LogP) is 3.37. The summed E-state index contributed by atoms with van der Waals surface area (Å²) in [6.07, 6.45) is 0. The lowest BCUT2D eigenvalue weighted by Crippen LogP contribution is -1.94. The van der Waals surface area contributed by atoms with Crippen LogP contribution in [-0.4, -0.2) is 26.9 Å². The summed E-state index contributed by atoms with van der Waals surface area (Å²) in [6, 6.07) is 3.94. The molecule has 0 aliphatic carbocycles. The Morgan fingerprint density at radius 1 is 1.40 bits per heavy atom. The Morgan fingerprint density at radius 2 is 2.35 bits per heavy atom. The van der Waals surface area contributed by atoms with E-state index in [-0.39, 0.29) is 0 Å². The summed E-state index contributed by atoms with van der Waals surface area (Å²) in [5.74, 6) is 1.83. The molecule has 3 aromatic rings. The maximum absolute atomic E-state index is 5.23. The van der Waals surface area contributed by atoms with Crippen LogP contribution in [0, 0.1) is 0 Å². The molecule has 0 bridgehead atoms. The minimum absolute atomic E-state index is 0.596. The van der Waals surface area contributed by atoms with E-state index in [0.29, 0.717) is 17.5 Å². The maximum Gasteiger partial charge on any atom is 0.237 e. The van der Waals surface area contributed by atoms with E-state index in [9.17, 15) is 0 Å². The predicted molar refractivity (Wildman–Crippen MR) is 81.2 cm³/mol. The number of hydrogen-bond donors (Lipinski definition) is 1. The van der Waals surface area contributed by atoms with Crippen molar-refractivity contribution in [2.24, 2.45) is 0 Å². The van der Waals surface area contributed by atoms with Gasteiger partial charge in [0.25, 0.3) is 0 Å². The van der Waals surface area contributed by atoms with Gasteiger partial charge in [-0.3, -0.25) is 0 Å². The molecule has 20 heavy (non-hydrogen) atoms. The lowest BCUT2D eigenvalue weighted by Gasteiger charge is -1.92. The molecule has 3 aromatic heterocycles. The van der Waals surface area contributed by atoms with Gasteiger partial charge >= 0.3 is 0 Å². The molecule has 1 N–H and O–H groups in total. The Balaban J connectivity index is 1.60. The minimum atomic E-state index is 0.596. The summed E-state index contributed by atoms with van der Waals surface area (Å²) in [5.41, 5.74) is 0. The van der Waals surface area contributed by atoms with Gasteiger partial charge in [0.15, 0.2) is 4.34 Å². The van der Waals surface area contributed by atoms with Gasteiger partial charge in [-0.2, -0.15) is 4.98 Å². The van der Waals surface area contributed by atoms with Crippen molar-refractivity contribution in [3.05, 3.63) is 23.4 Å². The van der Waals surface area contributed by atoms with Gasteiger partial charge in [0.05, 0.1) is 10.6 Å². The second-order valence-corrected chi connectivity index (χ2v) is 6.83. The molecule has 0 aliphatic rings. The van der Waals surface area contributed by atoms with E-state index in [1.54, 1.807) is 23.1 Å². The number of nitrogens with one attached hydrogen (secondary N) is 1. The first-order valence-electron chi connectivity index (χ1n) is 5.92. The van der Waals surface area contributed by atoms with Gasteiger partial charge in [-0.15, -0.1) is 21.5 Å². The molecule has 0 spiro atoms. The first-order chi connectivity index (χ1) is 9.85. The highest BCUT2D eigenvalue weighted by Crippen LogP contribution is 2.28. The largest absolute Gasteiger partial charge is 0.360 e. The molecule has 104 valence electrons. The lowest BCUT2D eigenvalue weighted by atomic mass is 10.4. The topological polar surface area (TPSA) is 76.7 Å². The molecular weight excluding hydrogens is 314 g/mol. The van der Waals surface area contributed by atoms with E-state index in [4.69, 9.17) is 4.52 Å². The van der Waals surface area contributed by atoms with Gasteiger partial charge in [-0.25, -0.2) is 0 Å². The zero-order valence-electron chi connectivity index (χ0n) is 10.6. The summed E-state index contributed by atoms with van der Waals surface area (Å²) in [5, 5.41) is 18.0. The third kappa shape index (κ3) is 3.17. The van der Waals surface area contributed by atoms with Gasteiger partial charge in [-0.1, -0.05) is 34.3 Å². The Bertz CT molecular complexity index is 663. The van der Waals surface area contributed by atoms with Gasteiger partial charge in [0.2, 0.25) is 16.8 Å². The second-order valence-electron chi connectivity index (χ2n) is 3.68. The van der Waals surface area contributed by atoms with Gasteiger partial charge in [-0.05, 0) is 18.4 Å². The highest BCUT2D eigenvalue weighted by Gasteiger charge is 2.11. The molecule has 0 atom stereocenters. The van der Waals surface area contributed by atoms with Crippen molar-refractivity contribution in [3.8, 4) is 10.7 Å². The van der Waals surface area contributed by atoms with Crippen LogP contribution in [0.15, 0.2) is 26.4 Å². The average molecular weight is 325 g/mol. The molecule has 0 saturated carbocycles. The molecule has 0 unspecified atom stereocenters. The fourth-order valence-electron chi connectivity index (χ4n) is 1.43. The van der Waals surface area contributed by atoms with E-state index in [1.165, 1.54) is 11.3 Å². The normalized spacial score (nSPS) is 10.8. The Kier molecular flexibility index (Phi) is 4.28. The third-order valence-electron chi connectivity index (χ3n) is 2.26. The zero-order chi connectivity index (χ0) is 13.8. The van der Waals surface area contributed by atoms with Gasteiger partial charge < -0.3 is 9.84 Å². The summed E-state index contributed by atoms with van der Waals surface area (Å²) < 4.78 is 6.12. The van der Waals surface area contributed by atoms with E-state index in [1.807, 2.05) is 24.4 Å². The van der Waals surface area contributed by atoms with Crippen molar-refractivity contribution >= 4 is 39.6 Å². The number of nitrogens with zero attached hydrogens (tertiary/aromatic N) is 4. The molecule has 3 heterocycles. The monoisotopic (exact) mass is 325 g/mol. The van der Waals surface area contributed by atoms with Crippen LogP contribution in [0.5, 0.6) is 0 Å². The molecule has 3 rings (SSSR count). The first kappa shape index (κ1) is 13.5. The van der Waals surface area contributed by atoms with Crippen molar-refractivity contribution in [1.82, 2.24) is 20.3 Å². The van der Waals surface area contributed by atoms with Crippen molar-refractivity contribution in [2.75, 3.05) is 11.9 Å². The average Bonchev–Trinajstić information content (AvgIpc) is 3.18. The first-order valence-corrected chi connectivity index (χ1v) is 8.60. The van der Waals surface area contributed by atoms with E-state index < -0.39 is 0 Å². The van der Waals surface area contributed by atoms with Crippen LogP contribution in [0.1, 0.15) is 12.8 Å². The molecule has 0 amide bonds. The summed E-state index contributed by atoms with van der Waals surface area (Å²) in [6.45, 7) is 2.87. The lowest BCUT2D eigenvalue weighted by molar-refractivity contribution is 0.392. The molecular formula is C11H11N5OS3. The number of aromatic nitrogens is 4. The molecule has 0 radical (unpaired) electrons. The van der Waals surface area contributed by atoms with Crippen LogP contribution in [0.25, 0.3) is 10.7 Å². The van der Waals surface area contributed by atoms with Crippen LogP contribution < -0.4 is 5.32 Å². The Hall–Kier alpha value is -1.45. The van der Waals surface area contributed by atoms with Crippen molar-refractivity contribution in [3.63, 3.8) is 0 Å². The number of thioether (sulfide) groups is 1. The van der Waals surface area contributed by atoms with E-state index in [2.05, 4.69) is 25.7 Å². The molecule has 0 saturated heterocycles. The summed E-state index contributed by atoms with van der Waals surface area (Å²) in [7, 11) is 0. The number of rotatable bonds is 6. The zero-order valence-corrected chi connectivity index (χ0v) is 13.0. The molecule has 0 aliphatic heterocycles. The van der Waals surface area contributed by atoms with E-state index >= 15 is 0 Å². The molecule has 0 fully saturated rings. The highest BCUT2D eigenvalue weighted by atomic mass is 32.2. The van der Waals surface area contributed by atoms with Crippen LogP contribution in [-0.2, 0) is 5.75 Å². The van der Waals surface area contributed by atoms with Crippen molar-refractivity contribution < 1.29 is 4.52 Å². The Labute approximate surface area is 127 Å². The maximum atomic E-state index is 5.23. The van der Waals surface area contributed by atoms with Crippen molar-refractivity contribution in [2.45, 2.75) is 17.0 Å². The quantitative estimate of drug-likeness (QED) is 0.696. The van der Waals surface area contributed by atoms with Crippen LogP contribution in [0.3, 0.4) is 0 Å². The number of thiophene rings is 1. The number of anilines is 1. The van der Waals surface area contributed by atoms with E-state index in [0.717, 1.165) is 20.9 Å². The molecule has 9 heteroatoms.